The molecule has 0 radical (unpaired) electrons. The fraction of sp³-hybridized carbons (Fsp3) is 0.333. The number of hydrogen-bond acceptors (Lipinski definition) is 4. The predicted octanol–water partition coefficient (Wildman–Crippen LogP) is 5.01. The molecule has 0 atom stereocenters. The molecule has 26 heavy (non-hydrogen) atoms. The average molecular weight is 371 g/mol. The number of ketones is 1. The number of methoxy groups -OCH3 is 1. The monoisotopic (exact) mass is 370 g/mol. The number of nitrogens with zero attached hydrogens (tertiary/aromatic N) is 2. The van der Waals surface area contributed by atoms with Crippen LogP contribution in [-0.4, -0.2) is 31.8 Å². The summed E-state index contributed by atoms with van der Waals surface area (Å²) in [5.74, 6) is 1.77. The lowest BCUT2D eigenvalue weighted by Gasteiger charge is -2.25. The summed E-state index contributed by atoms with van der Waals surface area (Å²) in [5.41, 5.74) is 1.61. The van der Waals surface area contributed by atoms with Gasteiger partial charge in [0.1, 0.15) is 11.6 Å². The fourth-order valence-electron chi connectivity index (χ4n) is 3.04. The van der Waals surface area contributed by atoms with Crippen molar-refractivity contribution in [2.45, 2.75) is 25.7 Å². The Morgan fingerprint density at radius 2 is 1.81 bits per heavy atom. The second kappa shape index (κ2) is 8.86. The number of ether oxygens (including phenoxy) is 1. The van der Waals surface area contributed by atoms with Crippen LogP contribution < -0.4 is 9.64 Å². The first kappa shape index (κ1) is 18.5. The molecule has 136 valence electrons. The van der Waals surface area contributed by atoms with Crippen LogP contribution >= 0.6 is 11.6 Å². The zero-order valence-electron chi connectivity index (χ0n) is 15.0. The first-order chi connectivity index (χ1) is 12.7. The zero-order valence-corrected chi connectivity index (χ0v) is 15.7. The maximum Gasteiger partial charge on any atom is 0.182 e. The average Bonchev–Trinajstić information content (AvgIpc) is 2.96. The Morgan fingerprint density at radius 1 is 1.08 bits per heavy atom. The second-order valence-corrected chi connectivity index (χ2v) is 6.76. The van der Waals surface area contributed by atoms with Gasteiger partial charge in [-0.25, -0.2) is 0 Å². The Hall–Kier alpha value is -2.33. The van der Waals surface area contributed by atoms with Crippen molar-refractivity contribution in [3.05, 3.63) is 59.1 Å². The highest BCUT2D eigenvalue weighted by atomic mass is 35.5. The van der Waals surface area contributed by atoms with E-state index in [-0.39, 0.29) is 12.3 Å². The van der Waals surface area contributed by atoms with Crippen LogP contribution in [0.2, 0.25) is 5.02 Å². The third-order valence-corrected chi connectivity index (χ3v) is 4.77. The van der Waals surface area contributed by atoms with Crippen molar-refractivity contribution in [3.8, 4) is 5.75 Å². The number of aliphatic imine (C=N–C) groups is 1. The number of anilines is 1. The summed E-state index contributed by atoms with van der Waals surface area (Å²) in [6.45, 7) is 1.07. The number of amidine groups is 1. The van der Waals surface area contributed by atoms with Gasteiger partial charge in [-0.3, -0.25) is 9.79 Å². The molecular weight excluding hydrogens is 348 g/mol. The number of benzene rings is 2. The van der Waals surface area contributed by atoms with Gasteiger partial charge >= 0.3 is 0 Å². The lowest BCUT2D eigenvalue weighted by Crippen LogP contribution is -2.35. The van der Waals surface area contributed by atoms with Crippen molar-refractivity contribution >= 4 is 28.9 Å². The highest BCUT2D eigenvalue weighted by molar-refractivity contribution is 6.30. The van der Waals surface area contributed by atoms with E-state index in [4.69, 9.17) is 21.3 Å². The van der Waals surface area contributed by atoms with Crippen LogP contribution in [-0.2, 0) is 0 Å². The van der Waals surface area contributed by atoms with Gasteiger partial charge in [0.25, 0.3) is 0 Å². The largest absolute Gasteiger partial charge is 0.497 e. The summed E-state index contributed by atoms with van der Waals surface area (Å²) in [5, 5.41) is 0.679. The number of halogens is 1. The minimum absolute atomic E-state index is 0.0505. The van der Waals surface area contributed by atoms with Gasteiger partial charge in [-0.15, -0.1) is 0 Å². The Balaban J connectivity index is 1.85. The molecule has 0 aromatic heterocycles. The predicted molar refractivity (Wildman–Crippen MR) is 107 cm³/mol. The van der Waals surface area contributed by atoms with Gasteiger partial charge in [0.15, 0.2) is 5.78 Å². The Bertz CT molecular complexity index is 770. The minimum Gasteiger partial charge on any atom is -0.497 e. The van der Waals surface area contributed by atoms with Gasteiger partial charge in [0.2, 0.25) is 0 Å². The molecule has 2 aromatic rings. The van der Waals surface area contributed by atoms with E-state index < -0.39 is 0 Å². The Labute approximate surface area is 159 Å². The van der Waals surface area contributed by atoms with Crippen LogP contribution in [0.5, 0.6) is 5.75 Å². The van der Waals surface area contributed by atoms with E-state index in [2.05, 4.69) is 0 Å². The van der Waals surface area contributed by atoms with Crippen molar-refractivity contribution in [2.75, 3.05) is 25.1 Å². The molecule has 0 aliphatic carbocycles. The number of carbonyl (C=O) groups excluding carboxylic acids is 1. The first-order valence-electron chi connectivity index (χ1n) is 8.91. The third-order valence-electron chi connectivity index (χ3n) is 4.52. The molecule has 0 spiro atoms. The molecule has 1 aliphatic rings. The molecule has 0 saturated heterocycles. The van der Waals surface area contributed by atoms with Crippen LogP contribution in [0.4, 0.5) is 5.69 Å². The van der Waals surface area contributed by atoms with E-state index >= 15 is 0 Å². The van der Waals surface area contributed by atoms with Gasteiger partial charge in [0, 0.05) is 29.2 Å². The highest BCUT2D eigenvalue weighted by Crippen LogP contribution is 2.22. The SMILES string of the molecule is COc1ccc(C(=O)CN(C2=NCCCCC2)c2ccc(Cl)cc2)cc1. The number of carbonyl (C=O) groups is 1. The lowest BCUT2D eigenvalue weighted by molar-refractivity contribution is 0.100. The van der Waals surface area contributed by atoms with Crippen LogP contribution in [0.15, 0.2) is 53.5 Å². The molecule has 0 amide bonds. The maximum absolute atomic E-state index is 12.9. The number of hydrogen-bond donors (Lipinski definition) is 0. The van der Waals surface area contributed by atoms with Crippen LogP contribution in [0, 0.1) is 0 Å². The van der Waals surface area contributed by atoms with Crippen LogP contribution in [0.3, 0.4) is 0 Å². The van der Waals surface area contributed by atoms with Crippen molar-refractivity contribution in [2.24, 2.45) is 4.99 Å². The summed E-state index contributed by atoms with van der Waals surface area (Å²) < 4.78 is 5.17. The quantitative estimate of drug-likeness (QED) is 0.694. The third kappa shape index (κ3) is 4.64. The maximum atomic E-state index is 12.9. The molecule has 0 saturated carbocycles. The Morgan fingerprint density at radius 3 is 2.50 bits per heavy atom. The van der Waals surface area contributed by atoms with Crippen molar-refractivity contribution in [3.63, 3.8) is 0 Å². The normalized spacial score (nSPS) is 14.3. The highest BCUT2D eigenvalue weighted by Gasteiger charge is 2.19. The minimum atomic E-state index is 0.0505. The number of rotatable bonds is 5. The molecule has 0 fully saturated rings. The van der Waals surface area contributed by atoms with Gasteiger partial charge in [-0.2, -0.15) is 0 Å². The molecule has 1 heterocycles. The summed E-state index contributed by atoms with van der Waals surface area (Å²) >= 11 is 6.03. The van der Waals surface area contributed by atoms with Gasteiger partial charge in [-0.1, -0.05) is 18.0 Å². The standard InChI is InChI=1S/C21H23ClN2O2/c1-26-19-12-6-16(7-13-19)20(25)15-24(18-10-8-17(22)9-11-18)21-5-3-2-4-14-23-21/h6-13H,2-5,14-15H2,1H3. The molecule has 3 rings (SSSR count). The van der Waals surface area contributed by atoms with Crippen LogP contribution in [0.25, 0.3) is 0 Å². The summed E-state index contributed by atoms with van der Waals surface area (Å²) in [6.07, 6.45) is 4.26. The van der Waals surface area contributed by atoms with E-state index in [1.54, 1.807) is 19.2 Å². The van der Waals surface area contributed by atoms with Gasteiger partial charge < -0.3 is 9.64 Å². The molecule has 2 aromatic carbocycles. The Kier molecular flexibility index (Phi) is 6.29. The van der Waals surface area contributed by atoms with Crippen molar-refractivity contribution < 1.29 is 9.53 Å². The lowest BCUT2D eigenvalue weighted by atomic mass is 10.1. The molecule has 1 aliphatic heterocycles. The smallest absolute Gasteiger partial charge is 0.182 e. The summed E-state index contributed by atoms with van der Waals surface area (Å²) in [6, 6.07) is 14.8. The molecule has 0 N–H and O–H groups in total. The molecule has 0 bridgehead atoms. The summed E-state index contributed by atoms with van der Waals surface area (Å²) in [7, 11) is 1.61. The first-order valence-corrected chi connectivity index (χ1v) is 9.29. The molecule has 4 nitrogen and oxygen atoms in total. The van der Waals surface area contributed by atoms with Gasteiger partial charge in [-0.05, 0) is 61.4 Å². The molecular formula is C21H23ClN2O2. The van der Waals surface area contributed by atoms with E-state index in [9.17, 15) is 4.79 Å². The number of Topliss-reactive ketones (excluding diaryl/α,β-unsaturated/α-hetero) is 1. The van der Waals surface area contributed by atoms with Gasteiger partial charge in [0.05, 0.1) is 13.7 Å². The van der Waals surface area contributed by atoms with E-state index in [0.717, 1.165) is 43.1 Å². The molecule has 0 unspecified atom stereocenters. The van der Waals surface area contributed by atoms with Crippen LogP contribution in [0.1, 0.15) is 36.0 Å². The van der Waals surface area contributed by atoms with Crippen molar-refractivity contribution in [1.29, 1.82) is 0 Å². The fourth-order valence-corrected chi connectivity index (χ4v) is 3.17. The molecule has 5 heteroatoms. The second-order valence-electron chi connectivity index (χ2n) is 6.32. The van der Waals surface area contributed by atoms with Crippen molar-refractivity contribution in [1.82, 2.24) is 0 Å². The van der Waals surface area contributed by atoms with E-state index in [1.807, 2.05) is 41.3 Å². The van der Waals surface area contributed by atoms with E-state index in [0.29, 0.717) is 10.6 Å². The summed E-state index contributed by atoms with van der Waals surface area (Å²) in [4.78, 5) is 19.6. The van der Waals surface area contributed by atoms with E-state index in [1.165, 1.54) is 6.42 Å². The zero-order chi connectivity index (χ0) is 18.4. The topological polar surface area (TPSA) is 41.9 Å².